The van der Waals surface area contributed by atoms with E-state index in [2.05, 4.69) is 17.5 Å². The largest absolute Gasteiger partial charge is 0.330 e. The second kappa shape index (κ2) is 4.46. The molecule has 5 heteroatoms. The summed E-state index contributed by atoms with van der Waals surface area (Å²) < 4.78 is 0. The molecule has 1 heterocycles. The van der Waals surface area contributed by atoms with Gasteiger partial charge < -0.3 is 11.1 Å². The molecule has 4 unspecified atom stereocenters. The highest BCUT2D eigenvalue weighted by Gasteiger charge is 2.37. The van der Waals surface area contributed by atoms with E-state index in [-0.39, 0.29) is 11.2 Å². The summed E-state index contributed by atoms with van der Waals surface area (Å²) in [4.78, 5) is 16.3. The minimum absolute atomic E-state index is 0.0344. The third kappa shape index (κ3) is 2.13. The number of amides is 1. The van der Waals surface area contributed by atoms with Crippen LogP contribution in [0.1, 0.15) is 19.3 Å². The molecule has 3 rings (SSSR count). The molecule has 0 aromatic heterocycles. The summed E-state index contributed by atoms with van der Waals surface area (Å²) in [7, 11) is 0. The van der Waals surface area contributed by atoms with Gasteiger partial charge in [0.05, 0.1) is 11.3 Å². The fourth-order valence-corrected chi connectivity index (χ4v) is 3.90. The molecule has 0 aromatic rings. The fraction of sp³-hybridized carbons (Fsp3) is 0.667. The Hall–Kier alpha value is -0.810. The predicted octanol–water partition coefficient (Wildman–Crippen LogP) is 0.887. The van der Waals surface area contributed by atoms with Crippen LogP contribution < -0.4 is 11.1 Å². The Labute approximate surface area is 105 Å². The number of nitrogens with two attached hydrogens (primary N) is 1. The number of carbonyl (C=O) groups is 1. The first-order valence-electron chi connectivity index (χ1n) is 6.20. The first kappa shape index (κ1) is 11.3. The number of carbonyl (C=O) groups excluding carboxylic acids is 1. The quantitative estimate of drug-likeness (QED) is 0.732. The summed E-state index contributed by atoms with van der Waals surface area (Å²) in [6.45, 7) is 0.551. The number of nitrogens with zero attached hydrogens (tertiary/aromatic N) is 1. The first-order valence-corrected chi connectivity index (χ1v) is 7.08. The molecule has 2 aliphatic carbocycles. The maximum atomic E-state index is 11.6. The van der Waals surface area contributed by atoms with Crippen molar-refractivity contribution in [2.75, 3.05) is 6.54 Å². The van der Waals surface area contributed by atoms with E-state index in [1.54, 1.807) is 11.8 Å². The second-order valence-electron chi connectivity index (χ2n) is 4.95. The zero-order valence-corrected chi connectivity index (χ0v) is 10.5. The van der Waals surface area contributed by atoms with E-state index in [1.807, 2.05) is 0 Å². The molecule has 3 aliphatic rings. The molecule has 1 aliphatic heterocycles. The maximum Gasteiger partial charge on any atom is 0.239 e. The van der Waals surface area contributed by atoms with Crippen LogP contribution in [0.2, 0.25) is 0 Å². The lowest BCUT2D eigenvalue weighted by Gasteiger charge is -2.13. The van der Waals surface area contributed by atoms with Crippen molar-refractivity contribution in [1.29, 1.82) is 0 Å². The normalized spacial score (nSPS) is 41.5. The predicted molar refractivity (Wildman–Crippen MR) is 69.8 cm³/mol. The number of allylic oxidation sites excluding steroid dienone is 1. The molecule has 0 spiro atoms. The van der Waals surface area contributed by atoms with Crippen LogP contribution in [0.3, 0.4) is 0 Å². The average Bonchev–Trinajstić information content (AvgIpc) is 2.96. The zero-order chi connectivity index (χ0) is 11.8. The summed E-state index contributed by atoms with van der Waals surface area (Å²) in [5.74, 6) is 1.38. The van der Waals surface area contributed by atoms with Crippen molar-refractivity contribution in [3.8, 4) is 0 Å². The van der Waals surface area contributed by atoms with Crippen LogP contribution in [0.15, 0.2) is 17.1 Å². The average molecular weight is 251 g/mol. The first-order chi connectivity index (χ1) is 8.26. The standard InChI is InChI=1S/C12H17N3OS/c13-4-3-10-11(16)15-12(17-10)14-9-6-7-1-2-8(9)5-7/h1-2,7-10H,3-6,13H2,(H,14,15,16). The van der Waals surface area contributed by atoms with Crippen LogP contribution in [0.4, 0.5) is 0 Å². The Morgan fingerprint density at radius 3 is 3.00 bits per heavy atom. The van der Waals surface area contributed by atoms with Gasteiger partial charge >= 0.3 is 0 Å². The molecule has 0 aromatic carbocycles. The Morgan fingerprint density at radius 2 is 2.35 bits per heavy atom. The molecule has 0 radical (unpaired) electrons. The molecule has 4 nitrogen and oxygen atoms in total. The smallest absolute Gasteiger partial charge is 0.239 e. The van der Waals surface area contributed by atoms with Gasteiger partial charge in [0, 0.05) is 0 Å². The summed E-state index contributed by atoms with van der Waals surface area (Å²) in [5.41, 5.74) is 5.49. The number of hydrogen-bond acceptors (Lipinski definition) is 4. The Morgan fingerprint density at radius 1 is 1.47 bits per heavy atom. The number of hydrogen-bond donors (Lipinski definition) is 2. The molecule has 2 bridgehead atoms. The van der Waals surface area contributed by atoms with Gasteiger partial charge in [0.25, 0.3) is 0 Å². The molecule has 17 heavy (non-hydrogen) atoms. The number of aliphatic imine (C=N–C) groups is 1. The zero-order valence-electron chi connectivity index (χ0n) is 9.63. The van der Waals surface area contributed by atoms with Gasteiger partial charge in [-0.15, -0.1) is 0 Å². The van der Waals surface area contributed by atoms with E-state index in [0.29, 0.717) is 18.5 Å². The maximum absolute atomic E-state index is 11.6. The second-order valence-corrected chi connectivity index (χ2v) is 6.15. The van der Waals surface area contributed by atoms with Gasteiger partial charge in [0.15, 0.2) is 5.17 Å². The van der Waals surface area contributed by atoms with Gasteiger partial charge in [-0.1, -0.05) is 23.9 Å². The summed E-state index contributed by atoms with van der Waals surface area (Å²) in [6.07, 6.45) is 7.70. The highest BCUT2D eigenvalue weighted by atomic mass is 32.2. The molecule has 1 amide bonds. The number of fused-ring (bicyclic) bond motifs is 2. The van der Waals surface area contributed by atoms with E-state index in [4.69, 9.17) is 10.7 Å². The van der Waals surface area contributed by atoms with E-state index < -0.39 is 0 Å². The summed E-state index contributed by atoms with van der Waals surface area (Å²) >= 11 is 1.54. The lowest BCUT2D eigenvalue weighted by Crippen LogP contribution is -2.27. The van der Waals surface area contributed by atoms with E-state index >= 15 is 0 Å². The minimum Gasteiger partial charge on any atom is -0.330 e. The monoisotopic (exact) mass is 251 g/mol. The summed E-state index contributed by atoms with van der Waals surface area (Å²) in [5, 5.41) is 3.64. The van der Waals surface area contributed by atoms with Crippen LogP contribution in [0.25, 0.3) is 0 Å². The fourth-order valence-electron chi connectivity index (χ4n) is 2.86. The van der Waals surface area contributed by atoms with Crippen molar-refractivity contribution in [2.24, 2.45) is 22.6 Å². The molecular formula is C12H17N3OS. The molecule has 3 N–H and O–H groups in total. The lowest BCUT2D eigenvalue weighted by molar-refractivity contribution is -0.118. The van der Waals surface area contributed by atoms with Crippen LogP contribution in [-0.4, -0.2) is 28.9 Å². The van der Waals surface area contributed by atoms with E-state index in [0.717, 1.165) is 23.9 Å². The van der Waals surface area contributed by atoms with Gasteiger partial charge in [-0.05, 0) is 37.6 Å². The SMILES string of the molecule is NCCC1SC(=NC2CC3C=CC2C3)NC1=O. The molecular weight excluding hydrogens is 234 g/mol. The number of thioether (sulfide) groups is 1. The Bertz CT molecular complexity index is 393. The van der Waals surface area contributed by atoms with Crippen molar-refractivity contribution in [3.63, 3.8) is 0 Å². The van der Waals surface area contributed by atoms with Gasteiger partial charge in [-0.3, -0.25) is 9.79 Å². The third-order valence-electron chi connectivity index (χ3n) is 3.73. The van der Waals surface area contributed by atoms with Crippen molar-refractivity contribution < 1.29 is 4.79 Å². The third-order valence-corrected chi connectivity index (χ3v) is 4.90. The van der Waals surface area contributed by atoms with Crippen molar-refractivity contribution >= 4 is 22.8 Å². The number of rotatable bonds is 3. The molecule has 1 saturated carbocycles. The van der Waals surface area contributed by atoms with Crippen molar-refractivity contribution in [2.45, 2.75) is 30.6 Å². The Kier molecular flexibility index (Phi) is 2.96. The van der Waals surface area contributed by atoms with Crippen LogP contribution >= 0.6 is 11.8 Å². The molecule has 4 atom stereocenters. The van der Waals surface area contributed by atoms with Gasteiger partial charge in [0.2, 0.25) is 5.91 Å². The Balaban J connectivity index is 1.66. The highest BCUT2D eigenvalue weighted by Crippen LogP contribution is 2.41. The van der Waals surface area contributed by atoms with Crippen molar-refractivity contribution in [1.82, 2.24) is 5.32 Å². The summed E-state index contributed by atoms with van der Waals surface area (Å²) in [6, 6.07) is 0.379. The highest BCUT2D eigenvalue weighted by molar-refractivity contribution is 8.15. The van der Waals surface area contributed by atoms with E-state index in [9.17, 15) is 4.79 Å². The van der Waals surface area contributed by atoms with Crippen LogP contribution in [0, 0.1) is 11.8 Å². The van der Waals surface area contributed by atoms with Crippen LogP contribution in [-0.2, 0) is 4.79 Å². The van der Waals surface area contributed by atoms with E-state index in [1.165, 1.54) is 6.42 Å². The van der Waals surface area contributed by atoms with Gasteiger partial charge in [0.1, 0.15) is 0 Å². The number of amidine groups is 1. The molecule has 1 saturated heterocycles. The molecule has 92 valence electrons. The van der Waals surface area contributed by atoms with Gasteiger partial charge in [-0.25, -0.2) is 0 Å². The lowest BCUT2D eigenvalue weighted by atomic mass is 10.0. The number of nitrogens with one attached hydrogen (secondary N) is 1. The minimum atomic E-state index is -0.0344. The van der Waals surface area contributed by atoms with Crippen LogP contribution in [0.5, 0.6) is 0 Å². The topological polar surface area (TPSA) is 67.5 Å². The molecule has 2 fully saturated rings. The van der Waals surface area contributed by atoms with Gasteiger partial charge in [-0.2, -0.15) is 0 Å². The van der Waals surface area contributed by atoms with Crippen molar-refractivity contribution in [3.05, 3.63) is 12.2 Å².